The summed E-state index contributed by atoms with van der Waals surface area (Å²) < 4.78 is 1.86. The van der Waals surface area contributed by atoms with Gasteiger partial charge in [0.05, 0.1) is 17.8 Å². The fraction of sp³-hybridized carbons (Fsp3) is 0.308. The highest BCUT2D eigenvalue weighted by Gasteiger charge is 2.38. The summed E-state index contributed by atoms with van der Waals surface area (Å²) in [6.07, 6.45) is 1.77. The van der Waals surface area contributed by atoms with Crippen LogP contribution in [0.25, 0.3) is 11.3 Å². The Balaban J connectivity index is 1.96. The predicted octanol–water partition coefficient (Wildman–Crippen LogP) is 5.85. The summed E-state index contributed by atoms with van der Waals surface area (Å²) in [5.74, 6) is 0.743. The second kappa shape index (κ2) is 8.27. The van der Waals surface area contributed by atoms with E-state index in [9.17, 15) is 4.79 Å². The predicted molar refractivity (Wildman–Crippen MR) is 126 cm³/mol. The third-order valence-electron chi connectivity index (χ3n) is 6.00. The molecule has 1 aromatic heterocycles. The maximum atomic E-state index is 14.0. The zero-order valence-electron chi connectivity index (χ0n) is 17.9. The average Bonchev–Trinajstić information content (AvgIpc) is 2.74. The lowest BCUT2D eigenvalue weighted by atomic mass is 9.69. The maximum absolute atomic E-state index is 14.0. The van der Waals surface area contributed by atoms with E-state index in [2.05, 4.69) is 50.8 Å². The monoisotopic (exact) mass is 416 g/mol. The fourth-order valence-electron chi connectivity index (χ4n) is 4.19. The van der Waals surface area contributed by atoms with Crippen LogP contribution < -0.4 is 5.56 Å². The number of fused-ring (bicyclic) bond motifs is 3. The number of nitrogens with zero attached hydrogens (tertiary/aromatic N) is 2. The van der Waals surface area contributed by atoms with Crippen LogP contribution in [0.4, 0.5) is 0 Å². The topological polar surface area (TPSA) is 34.9 Å². The van der Waals surface area contributed by atoms with E-state index in [-0.39, 0.29) is 11.0 Å². The Bertz CT molecular complexity index is 1150. The molecule has 1 heterocycles. The van der Waals surface area contributed by atoms with E-state index in [1.165, 1.54) is 5.56 Å². The third-order valence-corrected chi connectivity index (χ3v) is 7.21. The largest absolute Gasteiger partial charge is 0.283 e. The smallest absolute Gasteiger partial charge is 0.258 e. The molecule has 1 aliphatic rings. The molecule has 0 saturated heterocycles. The van der Waals surface area contributed by atoms with Gasteiger partial charge in [0, 0.05) is 16.7 Å². The summed E-state index contributed by atoms with van der Waals surface area (Å²) in [7, 11) is 0. The molecule has 4 heteroatoms. The molecule has 1 atom stereocenters. The molecule has 0 radical (unpaired) electrons. The number of hydrogen-bond acceptors (Lipinski definition) is 3. The molecule has 0 amide bonds. The van der Waals surface area contributed by atoms with Crippen molar-refractivity contribution in [1.29, 1.82) is 0 Å². The summed E-state index contributed by atoms with van der Waals surface area (Å²) in [5, 5.41) is 0.765. The number of benzene rings is 2. The zero-order chi connectivity index (χ0) is 21.3. The lowest BCUT2D eigenvalue weighted by Gasteiger charge is -2.36. The zero-order valence-corrected chi connectivity index (χ0v) is 18.8. The van der Waals surface area contributed by atoms with Crippen molar-refractivity contribution in [2.75, 3.05) is 5.75 Å². The van der Waals surface area contributed by atoms with E-state index >= 15 is 0 Å². The second-order valence-corrected chi connectivity index (χ2v) is 9.43. The van der Waals surface area contributed by atoms with Crippen LogP contribution >= 0.6 is 11.8 Å². The molecule has 0 unspecified atom stereocenters. The quantitative estimate of drug-likeness (QED) is 0.287. The first-order chi connectivity index (χ1) is 14.4. The van der Waals surface area contributed by atoms with Gasteiger partial charge >= 0.3 is 0 Å². The molecule has 0 bridgehead atoms. The first-order valence-electron chi connectivity index (χ1n) is 10.5. The van der Waals surface area contributed by atoms with Crippen molar-refractivity contribution in [2.24, 2.45) is 0 Å². The van der Waals surface area contributed by atoms with Gasteiger partial charge in [-0.25, -0.2) is 4.98 Å². The Labute approximate surface area is 182 Å². The van der Waals surface area contributed by atoms with E-state index in [4.69, 9.17) is 4.98 Å². The van der Waals surface area contributed by atoms with Crippen molar-refractivity contribution in [3.8, 4) is 11.3 Å². The van der Waals surface area contributed by atoms with Gasteiger partial charge in [-0.15, -0.1) is 0 Å². The van der Waals surface area contributed by atoms with Crippen LogP contribution in [0.5, 0.6) is 0 Å². The maximum Gasteiger partial charge on any atom is 0.258 e. The van der Waals surface area contributed by atoms with Crippen molar-refractivity contribution in [3.63, 3.8) is 0 Å². The Morgan fingerprint density at radius 1 is 1.17 bits per heavy atom. The standard InChI is InChI=1S/C26H28N2OS/c1-5-26(4)15-20-13-9-10-14-21(20)23-22(26)24(29)28(16-19-11-7-6-8-12-19)25(27-23)30-17-18(2)3/h6-14H,2,5,15-17H2,1,3-4H3/t26-/m0/s1. The molecule has 0 aliphatic heterocycles. The first-order valence-corrected chi connectivity index (χ1v) is 11.5. The Morgan fingerprint density at radius 2 is 1.87 bits per heavy atom. The van der Waals surface area contributed by atoms with Gasteiger partial charge in [-0.05, 0) is 30.9 Å². The van der Waals surface area contributed by atoms with E-state index in [0.29, 0.717) is 6.54 Å². The van der Waals surface area contributed by atoms with Gasteiger partial charge in [-0.1, -0.05) is 92.4 Å². The van der Waals surface area contributed by atoms with Gasteiger partial charge in [0.25, 0.3) is 5.56 Å². The van der Waals surface area contributed by atoms with Crippen LogP contribution in [0.15, 0.2) is 76.7 Å². The molecule has 3 aromatic rings. The van der Waals surface area contributed by atoms with Crippen LogP contribution in [0.2, 0.25) is 0 Å². The highest BCUT2D eigenvalue weighted by atomic mass is 32.2. The Hall–Kier alpha value is -2.59. The molecule has 0 fully saturated rings. The van der Waals surface area contributed by atoms with Gasteiger partial charge in [0.1, 0.15) is 0 Å². The highest BCUT2D eigenvalue weighted by molar-refractivity contribution is 7.99. The molecule has 1 aliphatic carbocycles. The Kier molecular flexibility index (Phi) is 5.70. The van der Waals surface area contributed by atoms with Gasteiger partial charge in [0.15, 0.2) is 5.16 Å². The highest BCUT2D eigenvalue weighted by Crippen LogP contribution is 2.43. The van der Waals surface area contributed by atoms with Gasteiger partial charge in [-0.2, -0.15) is 0 Å². The molecule has 0 spiro atoms. The molecule has 0 saturated carbocycles. The van der Waals surface area contributed by atoms with Crippen molar-refractivity contribution in [3.05, 3.63) is 93.8 Å². The fourth-order valence-corrected chi connectivity index (χ4v) is 5.03. The summed E-state index contributed by atoms with van der Waals surface area (Å²) in [6, 6.07) is 18.5. The molecule has 3 nitrogen and oxygen atoms in total. The molecule has 0 N–H and O–H groups in total. The van der Waals surface area contributed by atoms with Crippen molar-refractivity contribution < 1.29 is 0 Å². The minimum atomic E-state index is -0.218. The minimum Gasteiger partial charge on any atom is -0.283 e. The lowest BCUT2D eigenvalue weighted by Crippen LogP contribution is -2.40. The van der Waals surface area contributed by atoms with E-state index in [0.717, 1.165) is 51.7 Å². The van der Waals surface area contributed by atoms with Crippen LogP contribution in [0.1, 0.15) is 43.9 Å². The average molecular weight is 417 g/mol. The summed E-state index contributed by atoms with van der Waals surface area (Å²) >= 11 is 1.60. The Morgan fingerprint density at radius 3 is 2.57 bits per heavy atom. The molecule has 30 heavy (non-hydrogen) atoms. The van der Waals surface area contributed by atoms with Gasteiger partial charge in [0.2, 0.25) is 0 Å². The number of rotatable bonds is 6. The van der Waals surface area contributed by atoms with Gasteiger partial charge < -0.3 is 0 Å². The number of hydrogen-bond donors (Lipinski definition) is 0. The van der Waals surface area contributed by atoms with Crippen molar-refractivity contribution >= 4 is 11.8 Å². The summed E-state index contributed by atoms with van der Waals surface area (Å²) in [6.45, 7) is 10.9. The normalized spacial score (nSPS) is 17.3. The summed E-state index contributed by atoms with van der Waals surface area (Å²) in [4.78, 5) is 19.1. The first kappa shape index (κ1) is 20.7. The van der Waals surface area contributed by atoms with E-state index < -0.39 is 0 Å². The number of thioether (sulfide) groups is 1. The molecular formula is C26H28N2OS. The molecule has 154 valence electrons. The van der Waals surface area contributed by atoms with Crippen LogP contribution in [-0.2, 0) is 18.4 Å². The van der Waals surface area contributed by atoms with Crippen LogP contribution in [0, 0.1) is 0 Å². The van der Waals surface area contributed by atoms with Crippen molar-refractivity contribution in [2.45, 2.75) is 50.7 Å². The van der Waals surface area contributed by atoms with Gasteiger partial charge in [-0.3, -0.25) is 9.36 Å². The van der Waals surface area contributed by atoms with Crippen LogP contribution in [-0.4, -0.2) is 15.3 Å². The van der Waals surface area contributed by atoms with Crippen molar-refractivity contribution in [1.82, 2.24) is 9.55 Å². The van der Waals surface area contributed by atoms with E-state index in [1.54, 1.807) is 11.8 Å². The third kappa shape index (κ3) is 3.77. The SMILES string of the molecule is C=C(C)CSc1nc2c(c(=O)n1Cc1ccccc1)[C@@](C)(CC)Cc1ccccc1-2. The molecule has 2 aromatic carbocycles. The van der Waals surface area contributed by atoms with E-state index in [1.807, 2.05) is 35.8 Å². The summed E-state index contributed by atoms with van der Waals surface area (Å²) in [5.41, 5.74) is 6.14. The number of aromatic nitrogens is 2. The molecular weight excluding hydrogens is 388 g/mol. The van der Waals surface area contributed by atoms with Crippen LogP contribution in [0.3, 0.4) is 0 Å². The lowest BCUT2D eigenvalue weighted by molar-refractivity contribution is 0.430. The second-order valence-electron chi connectivity index (χ2n) is 8.49. The molecule has 4 rings (SSSR count). The minimum absolute atomic E-state index is 0.0897.